The highest BCUT2D eigenvalue weighted by atomic mass is 16.4. The van der Waals surface area contributed by atoms with Crippen LogP contribution in [0.1, 0.15) is 94.9 Å². The number of likely N-dealkylation sites (tertiary alicyclic amines) is 1. The van der Waals surface area contributed by atoms with Crippen LogP contribution >= 0.6 is 0 Å². The van der Waals surface area contributed by atoms with E-state index in [4.69, 9.17) is 17.2 Å². The van der Waals surface area contributed by atoms with Gasteiger partial charge in [-0.1, -0.05) is 94.4 Å². The second-order valence-electron chi connectivity index (χ2n) is 23.9. The number of phenols is 3. The van der Waals surface area contributed by atoms with Crippen molar-refractivity contribution in [1.29, 1.82) is 0 Å². The van der Waals surface area contributed by atoms with Gasteiger partial charge in [-0.2, -0.15) is 0 Å². The molecule has 5 rings (SSSR count). The van der Waals surface area contributed by atoms with Crippen LogP contribution in [-0.4, -0.2) is 175 Å². The average molecular weight is 1310 g/mol. The number of amides is 10. The van der Waals surface area contributed by atoms with Crippen LogP contribution in [0.3, 0.4) is 0 Å². The summed E-state index contributed by atoms with van der Waals surface area (Å²) in [7, 11) is 0. The van der Waals surface area contributed by atoms with Gasteiger partial charge in [0.25, 0.3) is 0 Å². The van der Waals surface area contributed by atoms with Gasteiger partial charge in [-0.05, 0) is 109 Å². The van der Waals surface area contributed by atoms with Crippen LogP contribution in [0.15, 0.2) is 103 Å². The van der Waals surface area contributed by atoms with Crippen LogP contribution in [0, 0.1) is 11.8 Å². The number of carboxylic acids is 2. The van der Waals surface area contributed by atoms with Gasteiger partial charge in [0, 0.05) is 32.2 Å². The second-order valence-corrected chi connectivity index (χ2v) is 23.9. The minimum Gasteiger partial charge on any atom is -0.508 e. The number of rotatable bonds is 36. The molecule has 4 aromatic rings. The predicted octanol–water partition coefficient (Wildman–Crippen LogP) is -0.854. The fraction of sp³-hybridized carbons (Fsp3) is 0.446. The van der Waals surface area contributed by atoms with Gasteiger partial charge in [0.1, 0.15) is 71.6 Å². The molecule has 19 N–H and O–H groups in total. The van der Waals surface area contributed by atoms with Crippen molar-refractivity contribution in [2.75, 3.05) is 13.1 Å². The number of nitrogens with one attached hydrogen (secondary N) is 8. The zero-order valence-corrected chi connectivity index (χ0v) is 52.7. The Morgan fingerprint density at radius 1 is 0.489 bits per heavy atom. The molecule has 1 heterocycles. The molecule has 0 aromatic heterocycles. The molecule has 4 aromatic carbocycles. The first-order valence-corrected chi connectivity index (χ1v) is 30.8. The van der Waals surface area contributed by atoms with Crippen molar-refractivity contribution in [3.05, 3.63) is 125 Å². The third-order valence-corrected chi connectivity index (χ3v) is 15.5. The molecule has 1 saturated heterocycles. The fourth-order valence-electron chi connectivity index (χ4n) is 10.3. The molecule has 10 atom stereocenters. The first kappa shape index (κ1) is 74.6. The van der Waals surface area contributed by atoms with E-state index in [9.17, 15) is 78.3 Å². The molecule has 1 aliphatic rings. The number of hydrogen-bond donors (Lipinski definition) is 16. The van der Waals surface area contributed by atoms with Crippen LogP contribution < -0.4 is 59.7 Å². The molecular weight excluding hydrogens is 1220 g/mol. The lowest BCUT2D eigenvalue weighted by atomic mass is 9.99. The molecule has 94 heavy (non-hydrogen) atoms. The van der Waals surface area contributed by atoms with Gasteiger partial charge < -0.3 is 90.2 Å². The molecule has 0 radical (unpaired) electrons. The number of nitrogens with two attached hydrogens (primary N) is 3. The van der Waals surface area contributed by atoms with E-state index in [2.05, 4.69) is 42.5 Å². The zero-order valence-electron chi connectivity index (χ0n) is 52.7. The van der Waals surface area contributed by atoms with Crippen molar-refractivity contribution in [2.24, 2.45) is 29.0 Å². The first-order chi connectivity index (χ1) is 44.5. The van der Waals surface area contributed by atoms with E-state index >= 15 is 4.79 Å². The smallest absolute Gasteiger partial charge is 0.326 e. The Bertz CT molecular complexity index is 3280. The van der Waals surface area contributed by atoms with E-state index in [1.54, 1.807) is 44.2 Å². The monoisotopic (exact) mass is 1310 g/mol. The van der Waals surface area contributed by atoms with Crippen molar-refractivity contribution in [1.82, 2.24) is 47.4 Å². The minimum atomic E-state index is -2.01. The predicted molar refractivity (Wildman–Crippen MR) is 340 cm³/mol. The number of aliphatic carboxylic acids is 2. The maximum absolute atomic E-state index is 15.1. The standard InChI is InChI=1S/C65H86N12O17/c1-35(2)28-45(70-56(84)44(12-8-26-66)69-63(91)55(68)36(3)4)57(85)75-50(31-39-16-22-42(79)23-17-39)64(92)77-27-9-13-52(77)62(90)74-47(29-37-10-6-5-7-11-37)59(87)71-46(30-38-14-20-41(78)21-15-38)58(86)72-48(33-53(67)81)60(88)73-49(34-54(82)83)61(89)76-51(65(93)94)32-40-18-24-43(80)25-19-40/h5-7,10-11,14-25,35-36,44-52,55,78-80H,8-9,12-13,26-34,66,68H2,1-4H3,(H2,67,81)(H,69,91)(H,70,84)(H,71,87)(H,72,86)(H,73,88)(H,74,90)(H,75,85)(H,76,89)(H,82,83)(H,93,94)/t44-,45-,46-,47-,48-,49-,50-,51-,52-,55-/m0/s1. The lowest BCUT2D eigenvalue weighted by Crippen LogP contribution is -2.61. The van der Waals surface area contributed by atoms with E-state index in [1.807, 2.05) is 13.8 Å². The highest BCUT2D eigenvalue weighted by Gasteiger charge is 2.41. The Morgan fingerprint density at radius 3 is 1.35 bits per heavy atom. The maximum Gasteiger partial charge on any atom is 0.326 e. The topological polar surface area (TPSA) is 484 Å². The van der Waals surface area contributed by atoms with Gasteiger partial charge in [-0.15, -0.1) is 0 Å². The lowest BCUT2D eigenvalue weighted by molar-refractivity contribution is -0.144. The Morgan fingerprint density at radius 2 is 0.883 bits per heavy atom. The summed E-state index contributed by atoms with van der Waals surface area (Å²) < 4.78 is 0. The SMILES string of the molecule is CC(C)C[C@H](NC(=O)[C@H](CCCN)NC(=O)[C@@H](N)C(C)C)C(=O)N[C@@H](Cc1ccc(O)cc1)C(=O)N1CCC[C@H]1C(=O)N[C@@H](Cc1ccccc1)C(=O)N[C@@H](Cc1ccc(O)cc1)C(=O)N[C@@H](CC(N)=O)C(=O)N[C@@H](CC(=O)O)C(=O)N[C@@H](Cc1ccc(O)cc1)C(=O)O. The molecule has 10 amide bonds. The lowest BCUT2D eigenvalue weighted by Gasteiger charge is -2.31. The molecule has 0 aliphatic carbocycles. The zero-order chi connectivity index (χ0) is 69.3. The third-order valence-electron chi connectivity index (χ3n) is 15.5. The van der Waals surface area contributed by atoms with E-state index < -0.39 is 144 Å². The summed E-state index contributed by atoms with van der Waals surface area (Å²) in [5.74, 6) is -13.5. The van der Waals surface area contributed by atoms with Crippen LogP contribution in [0.25, 0.3) is 0 Å². The summed E-state index contributed by atoms with van der Waals surface area (Å²) in [6, 6.07) is 10.0. The highest BCUT2D eigenvalue weighted by molar-refractivity contribution is 6.00. The number of aromatic hydroxyl groups is 3. The van der Waals surface area contributed by atoms with Gasteiger partial charge >= 0.3 is 11.9 Å². The molecule has 0 unspecified atom stereocenters. The van der Waals surface area contributed by atoms with Crippen molar-refractivity contribution in [2.45, 2.75) is 159 Å². The van der Waals surface area contributed by atoms with E-state index in [-0.39, 0.29) is 93.5 Å². The number of carbonyl (C=O) groups is 12. The summed E-state index contributed by atoms with van der Waals surface area (Å²) in [5, 5.41) is 69.9. The number of carboxylic acid groups (broad SMARTS) is 2. The minimum absolute atomic E-state index is 0.00211. The molecule has 1 fully saturated rings. The second kappa shape index (κ2) is 36.2. The third kappa shape index (κ3) is 23.8. The van der Waals surface area contributed by atoms with Crippen LogP contribution in [-0.2, 0) is 83.2 Å². The number of nitrogens with zero attached hydrogens (tertiary/aromatic N) is 1. The number of hydrogen-bond acceptors (Lipinski definition) is 17. The van der Waals surface area contributed by atoms with E-state index in [1.165, 1.54) is 77.7 Å². The molecule has 29 heteroatoms. The maximum atomic E-state index is 15.1. The Hall–Kier alpha value is -10.2. The Balaban J connectivity index is 1.43. The summed E-state index contributed by atoms with van der Waals surface area (Å²) >= 11 is 0. The molecule has 0 saturated carbocycles. The van der Waals surface area contributed by atoms with Crippen LogP contribution in [0.4, 0.5) is 0 Å². The number of primary amides is 1. The summed E-state index contributed by atoms with van der Waals surface area (Å²) in [6.07, 6.45) is -2.29. The fourth-order valence-corrected chi connectivity index (χ4v) is 10.3. The van der Waals surface area contributed by atoms with Gasteiger partial charge in [0.15, 0.2) is 0 Å². The van der Waals surface area contributed by atoms with Gasteiger partial charge in [0.2, 0.25) is 59.1 Å². The molecule has 0 spiro atoms. The largest absolute Gasteiger partial charge is 0.508 e. The van der Waals surface area contributed by atoms with Gasteiger partial charge in [-0.3, -0.25) is 52.7 Å². The summed E-state index contributed by atoms with van der Waals surface area (Å²) in [6.45, 7) is 7.31. The van der Waals surface area contributed by atoms with Crippen molar-refractivity contribution >= 4 is 71.0 Å². The molecule has 1 aliphatic heterocycles. The van der Waals surface area contributed by atoms with Gasteiger partial charge in [0.05, 0.1) is 18.9 Å². The Kier molecular flexibility index (Phi) is 28.7. The van der Waals surface area contributed by atoms with Crippen LogP contribution in [0.2, 0.25) is 0 Å². The van der Waals surface area contributed by atoms with Crippen molar-refractivity contribution in [3.63, 3.8) is 0 Å². The Labute approximate surface area is 543 Å². The average Bonchev–Trinajstić information content (AvgIpc) is 1.59. The van der Waals surface area contributed by atoms with E-state index in [0.717, 1.165) is 0 Å². The normalized spacial score (nSPS) is 15.7. The molecular formula is C65H86N12O17. The number of benzene rings is 4. The van der Waals surface area contributed by atoms with Gasteiger partial charge in [-0.25, -0.2) is 4.79 Å². The molecule has 508 valence electrons. The molecule has 29 nitrogen and oxygen atoms in total. The highest BCUT2D eigenvalue weighted by Crippen LogP contribution is 2.23. The van der Waals surface area contributed by atoms with Crippen molar-refractivity contribution in [3.8, 4) is 17.2 Å². The number of phenolic OH excluding ortho intramolecular Hbond substituents is 3. The summed E-state index contributed by atoms with van der Waals surface area (Å²) in [5.41, 5.74) is 19.1. The van der Waals surface area contributed by atoms with E-state index in [0.29, 0.717) is 28.7 Å². The number of carbonyl (C=O) groups excluding carboxylic acids is 10. The summed E-state index contributed by atoms with van der Waals surface area (Å²) in [4.78, 5) is 167. The first-order valence-electron chi connectivity index (χ1n) is 30.8. The van der Waals surface area contributed by atoms with Crippen LogP contribution in [0.5, 0.6) is 17.2 Å². The molecule has 0 bridgehead atoms. The quantitative estimate of drug-likeness (QED) is 0.0264. The van der Waals surface area contributed by atoms with Crippen molar-refractivity contribution < 1.29 is 83.1 Å².